The fraction of sp³-hybridized carbons (Fsp3) is 0.517. The number of likely N-dealkylation sites (tertiary alicyclic amines) is 1. The highest BCUT2D eigenvalue weighted by atomic mass is 28.4. The molecular weight excluding hydrogens is 484 g/mol. The molecule has 4 rings (SSSR count). The normalized spacial score (nSPS) is 22.5. The number of piperidine rings is 1. The maximum Gasteiger partial charge on any atom is 0.410 e. The van der Waals surface area contributed by atoms with Crippen LogP contribution in [0.3, 0.4) is 0 Å². The van der Waals surface area contributed by atoms with Crippen LogP contribution in [0.4, 0.5) is 9.59 Å². The summed E-state index contributed by atoms with van der Waals surface area (Å²) in [4.78, 5) is 26.9. The molecule has 2 fully saturated rings. The molecular formula is C29H40N2O5Si. The number of hydrogen-bond donors (Lipinski definition) is 1. The van der Waals surface area contributed by atoms with Crippen molar-refractivity contribution in [1.29, 1.82) is 0 Å². The number of hydrogen-bond acceptors (Lipinski definition) is 5. The molecule has 37 heavy (non-hydrogen) atoms. The number of amides is 2. The van der Waals surface area contributed by atoms with Gasteiger partial charge in [0.1, 0.15) is 11.2 Å². The predicted octanol–water partition coefficient (Wildman–Crippen LogP) is 4.30. The van der Waals surface area contributed by atoms with Crippen LogP contribution in [0.2, 0.25) is 5.04 Å². The summed E-state index contributed by atoms with van der Waals surface area (Å²) >= 11 is 0. The van der Waals surface area contributed by atoms with E-state index in [1.165, 1.54) is 10.4 Å². The molecule has 2 saturated heterocycles. The topological polar surface area (TPSA) is 77.1 Å². The summed E-state index contributed by atoms with van der Waals surface area (Å²) in [5, 5.41) is 5.02. The highest BCUT2D eigenvalue weighted by molar-refractivity contribution is 6.99. The zero-order chi connectivity index (χ0) is 26.9. The molecule has 2 amide bonds. The molecule has 0 aromatic heterocycles. The third-order valence-electron chi connectivity index (χ3n) is 7.39. The van der Waals surface area contributed by atoms with E-state index in [9.17, 15) is 9.59 Å². The lowest BCUT2D eigenvalue weighted by Gasteiger charge is -2.47. The fourth-order valence-electron chi connectivity index (χ4n) is 5.58. The van der Waals surface area contributed by atoms with Gasteiger partial charge in [0, 0.05) is 32.0 Å². The first kappa shape index (κ1) is 27.2. The Morgan fingerprint density at radius 2 is 1.59 bits per heavy atom. The number of nitrogens with one attached hydrogen (secondary N) is 1. The molecule has 8 heteroatoms. The van der Waals surface area contributed by atoms with Crippen molar-refractivity contribution in [3.05, 3.63) is 60.7 Å². The largest absolute Gasteiger partial charge is 0.444 e. The number of carbonyl (C=O) groups is 2. The lowest BCUT2D eigenvalue weighted by atomic mass is 9.81. The summed E-state index contributed by atoms with van der Waals surface area (Å²) < 4.78 is 18.8. The molecule has 0 aliphatic carbocycles. The molecule has 2 aromatic rings. The van der Waals surface area contributed by atoms with Crippen molar-refractivity contribution in [2.45, 2.75) is 64.2 Å². The maximum absolute atomic E-state index is 13.0. The first-order chi connectivity index (χ1) is 17.4. The highest BCUT2D eigenvalue weighted by Crippen LogP contribution is 2.40. The molecule has 0 radical (unpaired) electrons. The molecule has 2 unspecified atom stereocenters. The van der Waals surface area contributed by atoms with Crippen LogP contribution in [0.1, 0.15) is 48.0 Å². The molecule has 1 spiro atoms. The van der Waals surface area contributed by atoms with E-state index < -0.39 is 25.6 Å². The summed E-state index contributed by atoms with van der Waals surface area (Å²) in [6, 6.07) is 20.9. The predicted molar refractivity (Wildman–Crippen MR) is 147 cm³/mol. The van der Waals surface area contributed by atoms with Gasteiger partial charge in [-0.25, -0.2) is 9.59 Å². The van der Waals surface area contributed by atoms with Crippen LogP contribution < -0.4 is 15.7 Å². The molecule has 2 heterocycles. The lowest BCUT2D eigenvalue weighted by Crippen LogP contribution is -2.68. The van der Waals surface area contributed by atoms with Crippen LogP contribution in [-0.4, -0.2) is 62.8 Å². The number of ether oxygens (including phenoxy) is 2. The maximum atomic E-state index is 13.0. The van der Waals surface area contributed by atoms with Gasteiger partial charge in [0.25, 0.3) is 8.32 Å². The highest BCUT2D eigenvalue weighted by Gasteiger charge is 2.55. The van der Waals surface area contributed by atoms with Crippen LogP contribution in [0.15, 0.2) is 60.7 Å². The zero-order valence-electron chi connectivity index (χ0n) is 22.9. The molecule has 0 saturated carbocycles. The summed E-state index contributed by atoms with van der Waals surface area (Å²) in [5.41, 5.74) is -1.31. The monoisotopic (exact) mass is 524 g/mol. The van der Waals surface area contributed by atoms with Gasteiger partial charge >= 0.3 is 12.2 Å². The Kier molecular flexibility index (Phi) is 7.45. The SMILES string of the molecule is CC(C)(C)OC(=O)N1CCC2(CNC(=O)O2)C(CO[Si](c2ccccc2)(c2ccccc2)C(C)(C)C)C1. The van der Waals surface area contributed by atoms with E-state index in [-0.39, 0.29) is 17.0 Å². The van der Waals surface area contributed by atoms with Gasteiger partial charge in [0.05, 0.1) is 6.54 Å². The van der Waals surface area contributed by atoms with Crippen LogP contribution in [0.25, 0.3) is 0 Å². The van der Waals surface area contributed by atoms with Gasteiger partial charge in [-0.1, -0.05) is 81.4 Å². The van der Waals surface area contributed by atoms with E-state index >= 15 is 0 Å². The molecule has 0 bridgehead atoms. The Hall–Kier alpha value is -2.84. The van der Waals surface area contributed by atoms with Crippen molar-refractivity contribution < 1.29 is 23.5 Å². The average molecular weight is 525 g/mol. The van der Waals surface area contributed by atoms with Crippen LogP contribution in [0, 0.1) is 5.92 Å². The van der Waals surface area contributed by atoms with Crippen LogP contribution in [0.5, 0.6) is 0 Å². The van der Waals surface area contributed by atoms with Crippen molar-refractivity contribution in [2.75, 3.05) is 26.2 Å². The van der Waals surface area contributed by atoms with Crippen LogP contribution >= 0.6 is 0 Å². The van der Waals surface area contributed by atoms with E-state index in [0.29, 0.717) is 32.7 Å². The van der Waals surface area contributed by atoms with Gasteiger partial charge in [-0.3, -0.25) is 0 Å². The second-order valence-corrected chi connectivity index (χ2v) is 16.5. The Morgan fingerprint density at radius 1 is 1.03 bits per heavy atom. The average Bonchev–Trinajstić information content (AvgIpc) is 3.20. The minimum Gasteiger partial charge on any atom is -0.444 e. The second-order valence-electron chi connectivity index (χ2n) is 12.2. The van der Waals surface area contributed by atoms with E-state index in [1.54, 1.807) is 4.90 Å². The van der Waals surface area contributed by atoms with Gasteiger partial charge in [0.15, 0.2) is 0 Å². The third kappa shape index (κ3) is 5.55. The summed E-state index contributed by atoms with van der Waals surface area (Å²) in [5.74, 6) is -0.214. The Labute approximate surface area is 221 Å². The Morgan fingerprint density at radius 3 is 2.05 bits per heavy atom. The van der Waals surface area contributed by atoms with Gasteiger partial charge in [-0.15, -0.1) is 0 Å². The molecule has 7 nitrogen and oxygen atoms in total. The van der Waals surface area contributed by atoms with Crippen molar-refractivity contribution in [1.82, 2.24) is 10.2 Å². The van der Waals surface area contributed by atoms with Crippen molar-refractivity contribution in [3.8, 4) is 0 Å². The van der Waals surface area contributed by atoms with E-state index in [4.69, 9.17) is 13.9 Å². The first-order valence-electron chi connectivity index (χ1n) is 13.1. The molecule has 2 aromatic carbocycles. The summed E-state index contributed by atoms with van der Waals surface area (Å²) in [6.45, 7) is 13.9. The molecule has 2 aliphatic heterocycles. The number of benzene rings is 2. The number of carbonyl (C=O) groups excluding carboxylic acids is 2. The quantitative estimate of drug-likeness (QED) is 0.591. The van der Waals surface area contributed by atoms with E-state index in [2.05, 4.69) is 74.6 Å². The Bertz CT molecular complexity index is 1060. The number of alkyl carbamates (subject to hydrolysis) is 1. The Balaban J connectivity index is 1.70. The number of rotatable bonds is 5. The van der Waals surface area contributed by atoms with E-state index in [1.807, 2.05) is 32.9 Å². The smallest absolute Gasteiger partial charge is 0.410 e. The minimum atomic E-state index is -2.80. The van der Waals surface area contributed by atoms with Crippen LogP contribution in [-0.2, 0) is 13.9 Å². The first-order valence-corrected chi connectivity index (χ1v) is 15.0. The van der Waals surface area contributed by atoms with Crippen molar-refractivity contribution >= 4 is 30.9 Å². The van der Waals surface area contributed by atoms with Gasteiger partial charge in [-0.05, 0) is 36.2 Å². The molecule has 2 aliphatic rings. The van der Waals surface area contributed by atoms with Crippen molar-refractivity contribution in [2.24, 2.45) is 5.92 Å². The van der Waals surface area contributed by atoms with E-state index in [0.717, 1.165) is 0 Å². The van der Waals surface area contributed by atoms with Crippen molar-refractivity contribution in [3.63, 3.8) is 0 Å². The van der Waals surface area contributed by atoms with Gasteiger partial charge < -0.3 is 24.1 Å². The fourth-order valence-corrected chi connectivity index (χ4v) is 10.2. The summed E-state index contributed by atoms with van der Waals surface area (Å²) in [6.07, 6.45) is -0.240. The number of nitrogens with zero attached hydrogens (tertiary/aromatic N) is 1. The summed E-state index contributed by atoms with van der Waals surface area (Å²) in [7, 11) is -2.80. The molecule has 2 atom stereocenters. The zero-order valence-corrected chi connectivity index (χ0v) is 23.9. The standard InChI is InChI=1S/C29H40N2O5Si/c1-27(2,3)36-26(33)31-18-17-29(21-30-25(32)35-29)22(19-31)20-34-37(28(4,5)6,23-13-9-7-10-14-23)24-15-11-8-12-16-24/h7-16,22H,17-21H2,1-6H3,(H,30,32). The second kappa shape index (κ2) is 10.1. The minimum absolute atomic E-state index is 0.188. The van der Waals surface area contributed by atoms with Gasteiger partial charge in [0.2, 0.25) is 0 Å². The molecule has 1 N–H and O–H groups in total. The third-order valence-corrected chi connectivity index (χ3v) is 12.4. The lowest BCUT2D eigenvalue weighted by molar-refractivity contribution is -0.0665. The molecule has 200 valence electrons. The van der Waals surface area contributed by atoms with Gasteiger partial charge in [-0.2, -0.15) is 0 Å².